The molecule has 0 amide bonds. The third-order valence-corrected chi connectivity index (χ3v) is 2.69. The zero-order chi connectivity index (χ0) is 13.5. The molecule has 0 saturated carbocycles. The lowest BCUT2D eigenvalue weighted by Gasteiger charge is -2.15. The normalized spacial score (nSPS) is 12.8. The Morgan fingerprint density at radius 1 is 1.22 bits per heavy atom. The highest BCUT2D eigenvalue weighted by Crippen LogP contribution is 2.18. The maximum Gasteiger partial charge on any atom is 0.122 e. The van der Waals surface area contributed by atoms with E-state index >= 15 is 0 Å². The second-order valence-electron chi connectivity index (χ2n) is 5.29. The lowest BCUT2D eigenvalue weighted by molar-refractivity contribution is 0.105. The Morgan fingerprint density at radius 2 is 1.94 bits per heavy atom. The summed E-state index contributed by atoms with van der Waals surface area (Å²) in [5, 5.41) is 13.0. The van der Waals surface area contributed by atoms with Crippen LogP contribution in [0, 0.1) is 19.8 Å². The van der Waals surface area contributed by atoms with Crippen LogP contribution in [0.4, 0.5) is 0 Å². The summed E-state index contributed by atoms with van der Waals surface area (Å²) in [5.41, 5.74) is 2.33. The summed E-state index contributed by atoms with van der Waals surface area (Å²) in [6.45, 7) is 10.2. The third-order valence-electron chi connectivity index (χ3n) is 2.69. The molecule has 0 aliphatic rings. The van der Waals surface area contributed by atoms with Crippen LogP contribution in [0.25, 0.3) is 0 Å². The molecule has 0 heterocycles. The number of aliphatic hydroxyl groups is 1. The Labute approximate surface area is 110 Å². The van der Waals surface area contributed by atoms with Gasteiger partial charge in [0.1, 0.15) is 18.5 Å². The van der Waals surface area contributed by atoms with Crippen LogP contribution < -0.4 is 10.1 Å². The van der Waals surface area contributed by atoms with Gasteiger partial charge in [-0.05, 0) is 37.9 Å². The Balaban J connectivity index is 2.31. The molecule has 102 valence electrons. The van der Waals surface area contributed by atoms with Gasteiger partial charge in [0.2, 0.25) is 0 Å². The molecule has 0 aromatic heterocycles. The molecule has 0 spiro atoms. The predicted molar refractivity (Wildman–Crippen MR) is 75.1 cm³/mol. The van der Waals surface area contributed by atoms with Crippen LogP contribution in [0.3, 0.4) is 0 Å². The van der Waals surface area contributed by atoms with Gasteiger partial charge in [-0.2, -0.15) is 0 Å². The highest BCUT2D eigenvalue weighted by atomic mass is 16.5. The molecule has 0 radical (unpaired) electrons. The summed E-state index contributed by atoms with van der Waals surface area (Å²) in [7, 11) is 0. The Bertz CT molecular complexity index is 364. The molecule has 18 heavy (non-hydrogen) atoms. The van der Waals surface area contributed by atoms with Crippen molar-refractivity contribution in [3.63, 3.8) is 0 Å². The molecule has 1 aromatic rings. The fourth-order valence-corrected chi connectivity index (χ4v) is 1.74. The largest absolute Gasteiger partial charge is 0.491 e. The first-order valence-corrected chi connectivity index (χ1v) is 6.58. The number of ether oxygens (including phenoxy) is 1. The third kappa shape index (κ3) is 5.52. The second kappa shape index (κ2) is 7.39. The van der Waals surface area contributed by atoms with Crippen molar-refractivity contribution in [2.75, 3.05) is 19.7 Å². The first kappa shape index (κ1) is 15.0. The summed E-state index contributed by atoms with van der Waals surface area (Å²) < 4.78 is 5.62. The van der Waals surface area contributed by atoms with Gasteiger partial charge in [0, 0.05) is 6.54 Å². The fraction of sp³-hybridized carbons (Fsp3) is 0.600. The molecule has 3 heteroatoms. The number of benzene rings is 1. The molecule has 0 saturated heterocycles. The van der Waals surface area contributed by atoms with Gasteiger partial charge in [0.25, 0.3) is 0 Å². The van der Waals surface area contributed by atoms with Gasteiger partial charge < -0.3 is 15.2 Å². The molecule has 2 N–H and O–H groups in total. The molecule has 1 atom stereocenters. The summed E-state index contributed by atoms with van der Waals surface area (Å²) in [5.74, 6) is 1.45. The highest BCUT2D eigenvalue weighted by Gasteiger charge is 2.06. The Hall–Kier alpha value is -1.06. The molecule has 1 aromatic carbocycles. The quantitative estimate of drug-likeness (QED) is 0.781. The lowest BCUT2D eigenvalue weighted by atomic mass is 10.1. The van der Waals surface area contributed by atoms with Crippen molar-refractivity contribution in [2.24, 2.45) is 5.92 Å². The van der Waals surface area contributed by atoms with E-state index in [4.69, 9.17) is 4.74 Å². The minimum Gasteiger partial charge on any atom is -0.491 e. The maximum absolute atomic E-state index is 9.78. The Morgan fingerprint density at radius 3 is 2.56 bits per heavy atom. The summed E-state index contributed by atoms with van der Waals surface area (Å²) in [6.07, 6.45) is -0.468. The van der Waals surface area contributed by atoms with Crippen LogP contribution in [0.2, 0.25) is 0 Å². The van der Waals surface area contributed by atoms with Crippen LogP contribution >= 0.6 is 0 Å². The van der Waals surface area contributed by atoms with E-state index in [1.54, 1.807) is 0 Å². The van der Waals surface area contributed by atoms with E-state index in [0.29, 0.717) is 19.1 Å². The average Bonchev–Trinajstić information content (AvgIpc) is 2.27. The van der Waals surface area contributed by atoms with Crippen molar-refractivity contribution < 1.29 is 9.84 Å². The van der Waals surface area contributed by atoms with E-state index < -0.39 is 6.10 Å². The second-order valence-corrected chi connectivity index (χ2v) is 5.29. The van der Waals surface area contributed by atoms with Crippen LogP contribution in [0.1, 0.15) is 25.0 Å². The van der Waals surface area contributed by atoms with Crippen molar-refractivity contribution in [1.82, 2.24) is 5.32 Å². The standard InChI is InChI=1S/C15H25NO2/c1-11(2)8-16-9-14(17)10-18-15-6-5-12(3)7-13(15)4/h5-7,11,14,16-17H,8-10H2,1-4H3. The number of hydrogen-bond donors (Lipinski definition) is 2. The van der Waals surface area contributed by atoms with E-state index in [1.165, 1.54) is 5.56 Å². The number of aryl methyl sites for hydroxylation is 2. The van der Waals surface area contributed by atoms with E-state index in [0.717, 1.165) is 17.9 Å². The lowest BCUT2D eigenvalue weighted by Crippen LogP contribution is -2.33. The van der Waals surface area contributed by atoms with E-state index in [-0.39, 0.29) is 0 Å². The molecule has 1 unspecified atom stereocenters. The van der Waals surface area contributed by atoms with Gasteiger partial charge in [-0.1, -0.05) is 31.5 Å². The molecular weight excluding hydrogens is 226 g/mol. The monoisotopic (exact) mass is 251 g/mol. The van der Waals surface area contributed by atoms with Crippen LogP contribution in [-0.2, 0) is 0 Å². The van der Waals surface area contributed by atoms with Crippen molar-refractivity contribution in [2.45, 2.75) is 33.8 Å². The maximum atomic E-state index is 9.78. The summed E-state index contributed by atoms with van der Waals surface area (Å²) in [6, 6.07) is 6.06. The zero-order valence-corrected chi connectivity index (χ0v) is 11.9. The topological polar surface area (TPSA) is 41.5 Å². The van der Waals surface area contributed by atoms with Gasteiger partial charge in [-0.25, -0.2) is 0 Å². The number of rotatable bonds is 7. The summed E-state index contributed by atoms with van der Waals surface area (Å²) in [4.78, 5) is 0. The van der Waals surface area contributed by atoms with Gasteiger partial charge in [0.15, 0.2) is 0 Å². The van der Waals surface area contributed by atoms with Crippen LogP contribution in [0.5, 0.6) is 5.75 Å². The highest BCUT2D eigenvalue weighted by molar-refractivity contribution is 5.35. The molecule has 1 rings (SSSR count). The van der Waals surface area contributed by atoms with E-state index in [2.05, 4.69) is 32.2 Å². The zero-order valence-electron chi connectivity index (χ0n) is 11.9. The molecule has 0 aliphatic carbocycles. The first-order chi connectivity index (χ1) is 8.49. The SMILES string of the molecule is Cc1ccc(OCC(O)CNCC(C)C)c(C)c1. The van der Waals surface area contributed by atoms with Crippen LogP contribution in [0.15, 0.2) is 18.2 Å². The predicted octanol–water partition coefficient (Wildman–Crippen LogP) is 2.29. The van der Waals surface area contributed by atoms with Crippen molar-refractivity contribution >= 4 is 0 Å². The van der Waals surface area contributed by atoms with Gasteiger partial charge in [0.05, 0.1) is 0 Å². The first-order valence-electron chi connectivity index (χ1n) is 6.58. The minimum atomic E-state index is -0.468. The van der Waals surface area contributed by atoms with Crippen molar-refractivity contribution in [3.8, 4) is 5.75 Å². The van der Waals surface area contributed by atoms with Gasteiger partial charge in [-0.3, -0.25) is 0 Å². The molecular formula is C15H25NO2. The molecule has 0 fully saturated rings. The fourth-order valence-electron chi connectivity index (χ4n) is 1.74. The van der Waals surface area contributed by atoms with Crippen molar-refractivity contribution in [1.29, 1.82) is 0 Å². The summed E-state index contributed by atoms with van der Waals surface area (Å²) >= 11 is 0. The minimum absolute atomic E-state index is 0.328. The number of aliphatic hydroxyl groups excluding tert-OH is 1. The van der Waals surface area contributed by atoms with E-state index in [1.807, 2.05) is 19.1 Å². The number of hydrogen-bond acceptors (Lipinski definition) is 3. The van der Waals surface area contributed by atoms with Gasteiger partial charge in [-0.15, -0.1) is 0 Å². The average molecular weight is 251 g/mol. The Kier molecular flexibility index (Phi) is 6.16. The van der Waals surface area contributed by atoms with E-state index in [9.17, 15) is 5.11 Å². The van der Waals surface area contributed by atoms with Gasteiger partial charge >= 0.3 is 0 Å². The van der Waals surface area contributed by atoms with Crippen molar-refractivity contribution in [3.05, 3.63) is 29.3 Å². The van der Waals surface area contributed by atoms with Crippen LogP contribution in [-0.4, -0.2) is 30.9 Å². The smallest absolute Gasteiger partial charge is 0.122 e. The molecule has 0 aliphatic heterocycles. The molecule has 3 nitrogen and oxygen atoms in total. The molecule has 0 bridgehead atoms. The number of nitrogens with one attached hydrogen (secondary N) is 1.